The fourth-order valence-electron chi connectivity index (χ4n) is 4.78. The van der Waals surface area contributed by atoms with Crippen LogP contribution in [0.3, 0.4) is 0 Å². The van der Waals surface area contributed by atoms with Gasteiger partial charge >= 0.3 is 6.03 Å². The van der Waals surface area contributed by atoms with E-state index in [0.717, 1.165) is 51.8 Å². The first-order valence-electron chi connectivity index (χ1n) is 12.8. The molecule has 6 nitrogen and oxygen atoms in total. The molecule has 1 amide bonds. The monoisotopic (exact) mass is 570 g/mol. The molecule has 5 rings (SSSR count). The number of aryl methyl sites for hydroxylation is 2. The van der Waals surface area contributed by atoms with Gasteiger partial charge in [-0.3, -0.25) is 4.57 Å². The zero-order valence-electron chi connectivity index (χ0n) is 21.4. The summed E-state index contributed by atoms with van der Waals surface area (Å²) in [5.74, 6) is 0. The first kappa shape index (κ1) is 25.9. The van der Waals surface area contributed by atoms with Crippen molar-refractivity contribution < 1.29 is 9.53 Å². The minimum atomic E-state index is -0.137. The molecule has 0 atom stereocenters. The minimum absolute atomic E-state index is 0.137. The average molecular weight is 572 g/mol. The molecule has 0 unspecified atom stereocenters. The Bertz CT molecular complexity index is 1530. The van der Waals surface area contributed by atoms with Crippen molar-refractivity contribution in [1.29, 1.82) is 0 Å². The maximum Gasteiger partial charge on any atom is 0.325 e. The number of hydrogen-bond donors (Lipinski definition) is 1. The van der Waals surface area contributed by atoms with Crippen LogP contribution in [0.2, 0.25) is 0 Å². The molecule has 5 aromatic rings. The number of nitrogens with one attached hydrogen (secondary N) is 1. The van der Waals surface area contributed by atoms with Gasteiger partial charge in [0, 0.05) is 67.0 Å². The van der Waals surface area contributed by atoms with Crippen LogP contribution in [0.15, 0.2) is 96.0 Å². The van der Waals surface area contributed by atoms with Gasteiger partial charge in [-0.05, 0) is 46.9 Å². The van der Waals surface area contributed by atoms with Crippen LogP contribution in [0.4, 0.5) is 4.79 Å². The van der Waals surface area contributed by atoms with Crippen molar-refractivity contribution >= 4 is 32.7 Å². The Kier molecular flexibility index (Phi) is 8.36. The van der Waals surface area contributed by atoms with Crippen LogP contribution in [-0.2, 0) is 24.1 Å². The Balaban J connectivity index is 1.44. The van der Waals surface area contributed by atoms with Gasteiger partial charge in [0.15, 0.2) is 0 Å². The van der Waals surface area contributed by atoms with Gasteiger partial charge < -0.3 is 14.6 Å². The third-order valence-electron chi connectivity index (χ3n) is 6.76. The maximum atomic E-state index is 13.3. The van der Waals surface area contributed by atoms with E-state index < -0.39 is 0 Å². The summed E-state index contributed by atoms with van der Waals surface area (Å²) in [7, 11) is 1.67. The normalized spacial score (nSPS) is 11.2. The maximum absolute atomic E-state index is 13.3. The number of fused-ring (bicyclic) bond motifs is 1. The Labute approximate surface area is 231 Å². The minimum Gasteiger partial charge on any atom is -0.385 e. The molecule has 3 aromatic carbocycles. The number of rotatable bonds is 10. The van der Waals surface area contributed by atoms with E-state index in [4.69, 9.17) is 4.74 Å². The summed E-state index contributed by atoms with van der Waals surface area (Å²) in [5.41, 5.74) is 5.36. The lowest BCUT2D eigenvalue weighted by atomic mass is 10.00. The summed E-state index contributed by atoms with van der Waals surface area (Å²) in [5, 5.41) is 5.38. The van der Waals surface area contributed by atoms with Crippen LogP contribution in [0.1, 0.15) is 23.4 Å². The summed E-state index contributed by atoms with van der Waals surface area (Å²) in [6, 6.07) is 24.9. The zero-order valence-corrected chi connectivity index (χ0v) is 23.0. The molecule has 0 spiro atoms. The number of methoxy groups -OCH3 is 1. The molecule has 0 aliphatic carbocycles. The van der Waals surface area contributed by atoms with Crippen molar-refractivity contribution in [1.82, 2.24) is 19.4 Å². The number of imidazole rings is 1. The molecule has 7 heteroatoms. The largest absolute Gasteiger partial charge is 0.385 e. The number of carbonyl (C=O) groups is 1. The summed E-state index contributed by atoms with van der Waals surface area (Å²) in [6.07, 6.45) is 7.95. The smallest absolute Gasteiger partial charge is 0.325 e. The van der Waals surface area contributed by atoms with Gasteiger partial charge in [-0.2, -0.15) is 0 Å². The summed E-state index contributed by atoms with van der Waals surface area (Å²) in [6.45, 7) is 1.96. The van der Waals surface area contributed by atoms with Crippen LogP contribution in [0.25, 0.3) is 21.9 Å². The lowest BCUT2D eigenvalue weighted by Crippen LogP contribution is -2.30. The Morgan fingerprint density at radius 2 is 1.84 bits per heavy atom. The molecule has 1 N–H and O–H groups in total. The summed E-state index contributed by atoms with van der Waals surface area (Å²) in [4.78, 5) is 17.7. The Hall–Kier alpha value is -3.68. The average Bonchev–Trinajstić information content (AvgIpc) is 3.57. The van der Waals surface area contributed by atoms with Crippen LogP contribution < -0.4 is 5.32 Å². The molecule has 2 heterocycles. The van der Waals surface area contributed by atoms with Crippen molar-refractivity contribution in [3.8, 4) is 11.1 Å². The van der Waals surface area contributed by atoms with Crippen LogP contribution >= 0.6 is 15.9 Å². The SMILES string of the molecule is COCCCNC(=O)n1cc(-c2cccc3ccccc23)cc1Cc1cncn1CCc1ccccc1Br. The van der Waals surface area contributed by atoms with Crippen molar-refractivity contribution in [3.05, 3.63) is 113 Å². The molecule has 0 aliphatic rings. The number of ether oxygens (including phenoxy) is 1. The van der Waals surface area contributed by atoms with Crippen molar-refractivity contribution in [2.75, 3.05) is 20.3 Å². The standard InChI is InChI=1S/C31H31BrN4O2/c1-38-17-7-15-34-31(37)36-21-25(29-12-6-10-23-8-2-4-11-28(23)29)18-26(36)19-27-20-33-22-35(27)16-14-24-9-3-5-13-30(24)32/h2-6,8-13,18,20-22H,7,14-17,19H2,1H3,(H,34,37). The Morgan fingerprint density at radius 3 is 2.71 bits per heavy atom. The molecule has 2 aromatic heterocycles. The summed E-state index contributed by atoms with van der Waals surface area (Å²) < 4.78 is 10.2. The van der Waals surface area contributed by atoms with Gasteiger partial charge in [0.25, 0.3) is 0 Å². The van der Waals surface area contributed by atoms with E-state index in [1.54, 1.807) is 11.7 Å². The fraction of sp³-hybridized carbons (Fsp3) is 0.226. The molecule has 0 fully saturated rings. The quantitative estimate of drug-likeness (QED) is 0.190. The lowest BCUT2D eigenvalue weighted by molar-refractivity contribution is 0.193. The number of nitrogens with zero attached hydrogens (tertiary/aromatic N) is 3. The van der Waals surface area contributed by atoms with E-state index in [0.29, 0.717) is 19.6 Å². The second kappa shape index (κ2) is 12.2. The second-order valence-electron chi connectivity index (χ2n) is 9.29. The molecule has 38 heavy (non-hydrogen) atoms. The predicted molar refractivity (Wildman–Crippen MR) is 156 cm³/mol. The van der Waals surface area contributed by atoms with E-state index in [1.807, 2.05) is 30.9 Å². The number of carbonyl (C=O) groups excluding carboxylic acids is 1. The van der Waals surface area contributed by atoms with E-state index in [-0.39, 0.29) is 6.03 Å². The van der Waals surface area contributed by atoms with Crippen LogP contribution in [0, 0.1) is 0 Å². The van der Waals surface area contributed by atoms with Crippen LogP contribution in [0.5, 0.6) is 0 Å². The highest BCUT2D eigenvalue weighted by Gasteiger charge is 2.17. The van der Waals surface area contributed by atoms with E-state index in [1.165, 1.54) is 10.9 Å². The van der Waals surface area contributed by atoms with E-state index in [2.05, 4.69) is 91.5 Å². The van der Waals surface area contributed by atoms with E-state index in [9.17, 15) is 4.79 Å². The highest BCUT2D eigenvalue weighted by molar-refractivity contribution is 9.10. The van der Waals surface area contributed by atoms with Gasteiger partial charge in [-0.1, -0.05) is 76.6 Å². The first-order valence-corrected chi connectivity index (χ1v) is 13.6. The van der Waals surface area contributed by atoms with Gasteiger partial charge in [0.05, 0.1) is 6.33 Å². The van der Waals surface area contributed by atoms with Gasteiger partial charge in [0.2, 0.25) is 0 Å². The number of hydrogen-bond acceptors (Lipinski definition) is 3. The number of amides is 1. The molecule has 0 saturated carbocycles. The number of halogens is 1. The molecular weight excluding hydrogens is 540 g/mol. The zero-order chi connectivity index (χ0) is 26.3. The van der Waals surface area contributed by atoms with Crippen molar-refractivity contribution in [2.45, 2.75) is 25.8 Å². The predicted octanol–water partition coefficient (Wildman–Crippen LogP) is 6.70. The van der Waals surface area contributed by atoms with E-state index >= 15 is 0 Å². The number of benzene rings is 3. The second-order valence-corrected chi connectivity index (χ2v) is 10.1. The first-order chi connectivity index (χ1) is 18.6. The van der Waals surface area contributed by atoms with Gasteiger partial charge in [-0.15, -0.1) is 0 Å². The Morgan fingerprint density at radius 1 is 1.03 bits per heavy atom. The third-order valence-corrected chi connectivity index (χ3v) is 7.53. The lowest BCUT2D eigenvalue weighted by Gasteiger charge is -2.12. The van der Waals surface area contributed by atoms with Crippen molar-refractivity contribution in [2.24, 2.45) is 0 Å². The molecule has 0 saturated heterocycles. The molecule has 0 aliphatic heterocycles. The number of aromatic nitrogens is 3. The van der Waals surface area contributed by atoms with Gasteiger partial charge in [-0.25, -0.2) is 9.78 Å². The fourth-order valence-corrected chi connectivity index (χ4v) is 5.26. The highest BCUT2D eigenvalue weighted by Crippen LogP contribution is 2.31. The molecule has 194 valence electrons. The molecular formula is C31H31BrN4O2. The van der Waals surface area contributed by atoms with Crippen molar-refractivity contribution in [3.63, 3.8) is 0 Å². The van der Waals surface area contributed by atoms with Gasteiger partial charge in [0.1, 0.15) is 0 Å². The topological polar surface area (TPSA) is 61.1 Å². The summed E-state index contributed by atoms with van der Waals surface area (Å²) >= 11 is 3.65. The van der Waals surface area contributed by atoms with Crippen LogP contribution in [-0.4, -0.2) is 40.4 Å². The highest BCUT2D eigenvalue weighted by atomic mass is 79.9. The third kappa shape index (κ3) is 5.90. The molecule has 0 bridgehead atoms. The molecule has 0 radical (unpaired) electrons.